The standard InChI is InChI=1S/C23H30N6O2/c1-28(2)18-9-15-12-29(13-16(15)10-19(18)31-3)22-17-6-8-25-23(30)20(17)26-21(27-22)14-5-4-7-24-11-14/h4-5,7,11,15-16,18-19H,6,8-10,12-13H2,1-3H3,(H,25,30)/t15-,16+,18-,19-/m1/s1. The summed E-state index contributed by atoms with van der Waals surface area (Å²) in [5.41, 5.74) is 2.31. The van der Waals surface area contributed by atoms with Crippen LogP contribution in [0.1, 0.15) is 28.9 Å². The lowest BCUT2D eigenvalue weighted by Gasteiger charge is -2.40. The zero-order valence-electron chi connectivity index (χ0n) is 18.4. The van der Waals surface area contributed by atoms with Gasteiger partial charge in [-0.1, -0.05) is 0 Å². The SMILES string of the molecule is CO[C@@H]1C[C@H]2CN(c3nc(-c4cccnc4)nc4c3CCNC4=O)C[C@H]2C[C@H]1N(C)C. The first-order valence-corrected chi connectivity index (χ1v) is 11.1. The molecule has 3 aliphatic rings. The van der Waals surface area contributed by atoms with Gasteiger partial charge >= 0.3 is 0 Å². The summed E-state index contributed by atoms with van der Waals surface area (Å²) in [5, 5.41) is 2.93. The van der Waals surface area contributed by atoms with E-state index in [9.17, 15) is 4.79 Å². The number of aromatic nitrogens is 3. The van der Waals surface area contributed by atoms with Crippen LogP contribution in [0, 0.1) is 11.8 Å². The minimum Gasteiger partial charge on any atom is -0.380 e. The summed E-state index contributed by atoms with van der Waals surface area (Å²) in [6.07, 6.45) is 6.68. The Morgan fingerprint density at radius 2 is 2.00 bits per heavy atom. The number of amides is 1. The Kier molecular flexibility index (Phi) is 5.35. The maximum absolute atomic E-state index is 12.6. The van der Waals surface area contributed by atoms with Gasteiger partial charge in [0.15, 0.2) is 5.82 Å². The van der Waals surface area contributed by atoms with Gasteiger partial charge in [-0.2, -0.15) is 0 Å². The van der Waals surface area contributed by atoms with Gasteiger partial charge in [-0.05, 0) is 57.3 Å². The molecule has 2 aromatic heterocycles. The number of likely N-dealkylation sites (N-methyl/N-ethyl adjacent to an activating group) is 1. The molecule has 0 bridgehead atoms. The molecule has 5 rings (SSSR count). The topological polar surface area (TPSA) is 83.5 Å². The highest BCUT2D eigenvalue weighted by Gasteiger charge is 2.44. The predicted molar refractivity (Wildman–Crippen MR) is 118 cm³/mol. The number of hydrogen-bond donors (Lipinski definition) is 1. The quantitative estimate of drug-likeness (QED) is 0.802. The highest BCUT2D eigenvalue weighted by molar-refractivity contribution is 5.96. The molecule has 0 unspecified atom stereocenters. The zero-order chi connectivity index (χ0) is 21.5. The number of hydrogen-bond acceptors (Lipinski definition) is 7. The fourth-order valence-electron chi connectivity index (χ4n) is 5.52. The number of ether oxygens (including phenoxy) is 1. The fraction of sp³-hybridized carbons (Fsp3) is 0.565. The van der Waals surface area contributed by atoms with Crippen LogP contribution in [0.15, 0.2) is 24.5 Å². The van der Waals surface area contributed by atoms with Crippen molar-refractivity contribution in [2.45, 2.75) is 31.4 Å². The van der Waals surface area contributed by atoms with E-state index in [1.165, 1.54) is 0 Å². The Bertz CT molecular complexity index is 966. The van der Waals surface area contributed by atoms with E-state index in [0.717, 1.165) is 49.3 Å². The zero-order valence-corrected chi connectivity index (χ0v) is 18.4. The molecule has 31 heavy (non-hydrogen) atoms. The summed E-state index contributed by atoms with van der Waals surface area (Å²) in [4.78, 5) is 31.1. The van der Waals surface area contributed by atoms with Gasteiger partial charge in [-0.15, -0.1) is 0 Å². The van der Waals surface area contributed by atoms with Crippen LogP contribution >= 0.6 is 0 Å². The Labute approximate surface area is 183 Å². The molecule has 1 saturated heterocycles. The minimum atomic E-state index is -0.112. The van der Waals surface area contributed by atoms with Crippen LogP contribution in [0.25, 0.3) is 11.4 Å². The molecule has 4 atom stereocenters. The monoisotopic (exact) mass is 422 g/mol. The molecule has 1 saturated carbocycles. The Hall–Kier alpha value is -2.58. The first-order chi connectivity index (χ1) is 15.0. The molecular formula is C23H30N6O2. The highest BCUT2D eigenvalue weighted by atomic mass is 16.5. The second-order valence-corrected chi connectivity index (χ2v) is 9.15. The molecule has 8 heteroatoms. The summed E-state index contributed by atoms with van der Waals surface area (Å²) in [7, 11) is 6.11. The molecule has 0 aromatic carbocycles. The lowest BCUT2D eigenvalue weighted by Crippen LogP contribution is -2.47. The van der Waals surface area contributed by atoms with Crippen molar-refractivity contribution in [2.24, 2.45) is 11.8 Å². The molecule has 1 amide bonds. The number of carbonyl (C=O) groups excluding carboxylic acids is 1. The van der Waals surface area contributed by atoms with E-state index in [-0.39, 0.29) is 12.0 Å². The highest BCUT2D eigenvalue weighted by Crippen LogP contribution is 2.41. The van der Waals surface area contributed by atoms with Crippen molar-refractivity contribution in [2.75, 3.05) is 45.7 Å². The van der Waals surface area contributed by atoms with Crippen LogP contribution in [0.4, 0.5) is 5.82 Å². The summed E-state index contributed by atoms with van der Waals surface area (Å²) < 4.78 is 5.85. The van der Waals surface area contributed by atoms with Gasteiger partial charge in [-0.25, -0.2) is 9.97 Å². The van der Waals surface area contributed by atoms with E-state index in [1.807, 2.05) is 19.2 Å². The second-order valence-electron chi connectivity index (χ2n) is 9.15. The van der Waals surface area contributed by atoms with E-state index in [1.54, 1.807) is 12.4 Å². The lowest BCUT2D eigenvalue weighted by molar-refractivity contribution is -0.0209. The number of methoxy groups -OCH3 is 1. The largest absolute Gasteiger partial charge is 0.380 e. The Morgan fingerprint density at radius 3 is 2.71 bits per heavy atom. The number of fused-ring (bicyclic) bond motifs is 2. The normalized spacial score (nSPS) is 27.7. The van der Waals surface area contributed by atoms with Gasteiger partial charge in [0.25, 0.3) is 5.91 Å². The van der Waals surface area contributed by atoms with Crippen molar-refractivity contribution in [1.82, 2.24) is 25.2 Å². The molecular weight excluding hydrogens is 392 g/mol. The number of nitrogens with one attached hydrogen (secondary N) is 1. The summed E-state index contributed by atoms with van der Waals surface area (Å²) in [5.74, 6) is 2.55. The predicted octanol–water partition coefficient (Wildman–Crippen LogP) is 1.62. The molecule has 2 aromatic rings. The van der Waals surface area contributed by atoms with E-state index in [2.05, 4.69) is 39.2 Å². The van der Waals surface area contributed by atoms with E-state index >= 15 is 0 Å². The van der Waals surface area contributed by atoms with Crippen LogP contribution in [-0.2, 0) is 11.2 Å². The summed E-state index contributed by atoms with van der Waals surface area (Å²) in [6, 6.07) is 4.24. The molecule has 2 fully saturated rings. The molecule has 4 heterocycles. The van der Waals surface area contributed by atoms with Crippen molar-refractivity contribution in [3.63, 3.8) is 0 Å². The summed E-state index contributed by atoms with van der Waals surface area (Å²) in [6.45, 7) is 2.54. The van der Waals surface area contributed by atoms with Crippen molar-refractivity contribution in [3.05, 3.63) is 35.8 Å². The van der Waals surface area contributed by atoms with Crippen LogP contribution in [0.2, 0.25) is 0 Å². The van der Waals surface area contributed by atoms with Gasteiger partial charge in [-0.3, -0.25) is 9.78 Å². The minimum absolute atomic E-state index is 0.112. The fourth-order valence-corrected chi connectivity index (χ4v) is 5.52. The number of anilines is 1. The van der Waals surface area contributed by atoms with E-state index in [0.29, 0.717) is 35.9 Å². The first-order valence-electron chi connectivity index (χ1n) is 11.1. The van der Waals surface area contributed by atoms with Crippen molar-refractivity contribution < 1.29 is 9.53 Å². The molecule has 0 spiro atoms. The number of rotatable bonds is 4. The maximum Gasteiger partial charge on any atom is 0.270 e. The van der Waals surface area contributed by atoms with Crippen LogP contribution in [-0.4, -0.2) is 78.7 Å². The third-order valence-corrected chi connectivity index (χ3v) is 7.13. The van der Waals surface area contributed by atoms with E-state index in [4.69, 9.17) is 9.72 Å². The van der Waals surface area contributed by atoms with Gasteiger partial charge in [0, 0.05) is 56.3 Å². The van der Waals surface area contributed by atoms with Gasteiger partial charge in [0.05, 0.1) is 6.10 Å². The van der Waals surface area contributed by atoms with Crippen LogP contribution in [0.3, 0.4) is 0 Å². The van der Waals surface area contributed by atoms with Crippen LogP contribution in [0.5, 0.6) is 0 Å². The average molecular weight is 423 g/mol. The second kappa shape index (κ2) is 8.16. The Morgan fingerprint density at radius 1 is 1.19 bits per heavy atom. The molecule has 164 valence electrons. The molecule has 1 aliphatic carbocycles. The average Bonchev–Trinajstić information content (AvgIpc) is 3.21. The van der Waals surface area contributed by atoms with Crippen molar-refractivity contribution in [3.8, 4) is 11.4 Å². The molecule has 2 aliphatic heterocycles. The van der Waals surface area contributed by atoms with Crippen LogP contribution < -0.4 is 10.2 Å². The number of pyridine rings is 1. The van der Waals surface area contributed by atoms with Crippen molar-refractivity contribution in [1.29, 1.82) is 0 Å². The maximum atomic E-state index is 12.6. The molecule has 8 nitrogen and oxygen atoms in total. The number of carbonyl (C=O) groups is 1. The summed E-state index contributed by atoms with van der Waals surface area (Å²) >= 11 is 0. The molecule has 0 radical (unpaired) electrons. The first kappa shape index (κ1) is 20.3. The van der Waals surface area contributed by atoms with Crippen molar-refractivity contribution >= 4 is 11.7 Å². The smallest absolute Gasteiger partial charge is 0.270 e. The third-order valence-electron chi connectivity index (χ3n) is 7.13. The van der Waals surface area contributed by atoms with Gasteiger partial charge < -0.3 is 19.9 Å². The van der Waals surface area contributed by atoms with E-state index < -0.39 is 0 Å². The molecule has 1 N–H and O–H groups in total. The number of nitrogens with zero attached hydrogens (tertiary/aromatic N) is 5. The lowest BCUT2D eigenvalue weighted by atomic mass is 9.77. The van der Waals surface area contributed by atoms with Gasteiger partial charge in [0.2, 0.25) is 0 Å². The third kappa shape index (κ3) is 3.68. The Balaban J connectivity index is 1.50. The van der Waals surface area contributed by atoms with Gasteiger partial charge in [0.1, 0.15) is 11.5 Å².